The van der Waals surface area contributed by atoms with Crippen LogP contribution in [0.1, 0.15) is 59.3 Å². The molecule has 0 saturated heterocycles. The Bertz CT molecular complexity index is 176. The Kier molecular flexibility index (Phi) is 7.87. The van der Waals surface area contributed by atoms with E-state index in [0.717, 1.165) is 31.6 Å². The molecule has 1 rings (SSSR count). The third-order valence-corrected chi connectivity index (χ3v) is 3.85. The molecule has 1 fully saturated rings. The molecule has 0 aromatic heterocycles. The van der Waals surface area contributed by atoms with E-state index in [1.54, 1.807) is 0 Å². The number of hydrogen-bond donors (Lipinski definition) is 1. The van der Waals surface area contributed by atoms with Gasteiger partial charge in [-0.3, -0.25) is 0 Å². The van der Waals surface area contributed by atoms with E-state index in [4.69, 9.17) is 4.74 Å². The van der Waals surface area contributed by atoms with Crippen molar-refractivity contribution in [2.45, 2.75) is 65.3 Å². The molecular weight excluding hydrogens is 210 g/mol. The van der Waals surface area contributed by atoms with E-state index in [0.29, 0.717) is 6.04 Å². The van der Waals surface area contributed by atoms with Gasteiger partial charge in [0.15, 0.2) is 0 Å². The zero-order valence-electron chi connectivity index (χ0n) is 12.0. The summed E-state index contributed by atoms with van der Waals surface area (Å²) in [4.78, 5) is 0. The molecular formula is C15H31NO. The summed E-state index contributed by atoms with van der Waals surface area (Å²) in [6, 6.07) is 0.696. The topological polar surface area (TPSA) is 21.3 Å². The first kappa shape index (κ1) is 15.0. The Balaban J connectivity index is 2.11. The second kappa shape index (κ2) is 8.93. The van der Waals surface area contributed by atoms with E-state index in [2.05, 4.69) is 26.1 Å². The summed E-state index contributed by atoms with van der Waals surface area (Å²) >= 11 is 0. The van der Waals surface area contributed by atoms with E-state index < -0.39 is 0 Å². The second-order valence-corrected chi connectivity index (χ2v) is 5.79. The quantitative estimate of drug-likeness (QED) is 0.623. The SMILES string of the molecule is CCNC(CCOCCC(C)C)C1CCCC1. The molecule has 0 aliphatic heterocycles. The lowest BCUT2D eigenvalue weighted by Crippen LogP contribution is -2.36. The molecule has 0 aromatic carbocycles. The van der Waals surface area contributed by atoms with Gasteiger partial charge < -0.3 is 10.1 Å². The van der Waals surface area contributed by atoms with Gasteiger partial charge in [0.2, 0.25) is 0 Å². The second-order valence-electron chi connectivity index (χ2n) is 5.79. The normalized spacial score (nSPS) is 19.1. The molecule has 2 heteroatoms. The minimum atomic E-state index is 0.696. The van der Waals surface area contributed by atoms with Gasteiger partial charge in [-0.1, -0.05) is 33.6 Å². The maximum atomic E-state index is 5.74. The van der Waals surface area contributed by atoms with Crippen LogP contribution in [0, 0.1) is 11.8 Å². The predicted octanol–water partition coefficient (Wildman–Crippen LogP) is 3.61. The monoisotopic (exact) mass is 241 g/mol. The third kappa shape index (κ3) is 6.42. The van der Waals surface area contributed by atoms with E-state index in [9.17, 15) is 0 Å². The van der Waals surface area contributed by atoms with Gasteiger partial charge in [-0.2, -0.15) is 0 Å². The van der Waals surface area contributed by atoms with Crippen molar-refractivity contribution in [2.75, 3.05) is 19.8 Å². The third-order valence-electron chi connectivity index (χ3n) is 3.85. The molecule has 0 bridgehead atoms. The Morgan fingerprint density at radius 1 is 1.12 bits per heavy atom. The number of hydrogen-bond acceptors (Lipinski definition) is 2. The molecule has 0 amide bonds. The van der Waals surface area contributed by atoms with E-state index >= 15 is 0 Å². The summed E-state index contributed by atoms with van der Waals surface area (Å²) in [5.41, 5.74) is 0. The molecule has 1 unspecified atom stereocenters. The molecule has 1 N–H and O–H groups in total. The lowest BCUT2D eigenvalue weighted by molar-refractivity contribution is 0.108. The standard InChI is InChI=1S/C15H31NO/c1-4-16-15(14-7-5-6-8-14)10-12-17-11-9-13(2)3/h13-16H,4-12H2,1-3H3. The number of rotatable bonds is 9. The van der Waals surface area contributed by atoms with Crippen LogP contribution in [0.4, 0.5) is 0 Å². The molecule has 2 nitrogen and oxygen atoms in total. The highest BCUT2D eigenvalue weighted by Gasteiger charge is 2.23. The minimum absolute atomic E-state index is 0.696. The zero-order valence-corrected chi connectivity index (χ0v) is 12.0. The van der Waals surface area contributed by atoms with Crippen LogP contribution in [-0.2, 0) is 4.74 Å². The first-order valence-corrected chi connectivity index (χ1v) is 7.55. The Labute approximate surface area is 108 Å². The summed E-state index contributed by atoms with van der Waals surface area (Å²) in [7, 11) is 0. The van der Waals surface area contributed by atoms with Gasteiger partial charge >= 0.3 is 0 Å². The van der Waals surface area contributed by atoms with Gasteiger partial charge in [-0.15, -0.1) is 0 Å². The number of nitrogens with one attached hydrogen (secondary N) is 1. The number of ether oxygens (including phenoxy) is 1. The van der Waals surface area contributed by atoms with Crippen LogP contribution in [-0.4, -0.2) is 25.8 Å². The van der Waals surface area contributed by atoms with Crippen LogP contribution >= 0.6 is 0 Å². The average molecular weight is 241 g/mol. The van der Waals surface area contributed by atoms with Gasteiger partial charge in [0, 0.05) is 19.3 Å². The maximum Gasteiger partial charge on any atom is 0.0480 e. The fraction of sp³-hybridized carbons (Fsp3) is 1.00. The fourth-order valence-corrected chi connectivity index (χ4v) is 2.76. The summed E-state index contributed by atoms with van der Waals surface area (Å²) in [5, 5.41) is 3.64. The van der Waals surface area contributed by atoms with Crippen LogP contribution in [0.15, 0.2) is 0 Å². The molecule has 0 radical (unpaired) electrons. The van der Waals surface area contributed by atoms with Crippen LogP contribution in [0.2, 0.25) is 0 Å². The largest absolute Gasteiger partial charge is 0.381 e. The first-order valence-electron chi connectivity index (χ1n) is 7.55. The van der Waals surface area contributed by atoms with Crippen LogP contribution < -0.4 is 5.32 Å². The van der Waals surface area contributed by atoms with Gasteiger partial charge in [0.25, 0.3) is 0 Å². The summed E-state index contributed by atoms with van der Waals surface area (Å²) in [6.45, 7) is 9.67. The van der Waals surface area contributed by atoms with Gasteiger partial charge in [0.1, 0.15) is 0 Å². The predicted molar refractivity (Wildman–Crippen MR) is 74.3 cm³/mol. The van der Waals surface area contributed by atoms with Crippen molar-refractivity contribution >= 4 is 0 Å². The molecule has 0 aromatic rings. The summed E-state index contributed by atoms with van der Waals surface area (Å²) in [5.74, 6) is 1.66. The Morgan fingerprint density at radius 3 is 2.35 bits per heavy atom. The van der Waals surface area contributed by atoms with Crippen LogP contribution in [0.3, 0.4) is 0 Å². The van der Waals surface area contributed by atoms with Crippen molar-refractivity contribution in [3.05, 3.63) is 0 Å². The van der Waals surface area contributed by atoms with Crippen molar-refractivity contribution in [1.29, 1.82) is 0 Å². The van der Waals surface area contributed by atoms with E-state index in [1.807, 2.05) is 0 Å². The smallest absolute Gasteiger partial charge is 0.0480 e. The molecule has 1 aliphatic carbocycles. The highest BCUT2D eigenvalue weighted by atomic mass is 16.5. The highest BCUT2D eigenvalue weighted by molar-refractivity contribution is 4.80. The lowest BCUT2D eigenvalue weighted by atomic mass is 9.95. The molecule has 102 valence electrons. The van der Waals surface area contributed by atoms with Crippen molar-refractivity contribution < 1.29 is 4.74 Å². The lowest BCUT2D eigenvalue weighted by Gasteiger charge is -2.24. The maximum absolute atomic E-state index is 5.74. The van der Waals surface area contributed by atoms with Crippen molar-refractivity contribution in [3.8, 4) is 0 Å². The molecule has 1 atom stereocenters. The molecule has 17 heavy (non-hydrogen) atoms. The minimum Gasteiger partial charge on any atom is -0.381 e. The van der Waals surface area contributed by atoms with Crippen LogP contribution in [0.5, 0.6) is 0 Å². The fourth-order valence-electron chi connectivity index (χ4n) is 2.76. The van der Waals surface area contributed by atoms with Gasteiger partial charge in [-0.05, 0) is 44.1 Å². The average Bonchev–Trinajstić information content (AvgIpc) is 2.80. The summed E-state index contributed by atoms with van der Waals surface area (Å²) in [6.07, 6.45) is 8.08. The van der Waals surface area contributed by atoms with Crippen molar-refractivity contribution in [3.63, 3.8) is 0 Å². The van der Waals surface area contributed by atoms with Crippen molar-refractivity contribution in [2.24, 2.45) is 11.8 Å². The highest BCUT2D eigenvalue weighted by Crippen LogP contribution is 2.29. The summed E-state index contributed by atoms with van der Waals surface area (Å²) < 4.78 is 5.74. The van der Waals surface area contributed by atoms with Crippen molar-refractivity contribution in [1.82, 2.24) is 5.32 Å². The van der Waals surface area contributed by atoms with E-state index in [-0.39, 0.29) is 0 Å². The Hall–Kier alpha value is -0.0800. The molecule has 0 spiro atoms. The first-order chi connectivity index (χ1) is 8.24. The molecule has 1 aliphatic rings. The zero-order chi connectivity index (χ0) is 12.5. The van der Waals surface area contributed by atoms with Gasteiger partial charge in [-0.25, -0.2) is 0 Å². The molecule has 1 saturated carbocycles. The molecule has 0 heterocycles. The van der Waals surface area contributed by atoms with E-state index in [1.165, 1.54) is 38.5 Å². The van der Waals surface area contributed by atoms with Gasteiger partial charge in [0.05, 0.1) is 0 Å². The Morgan fingerprint density at radius 2 is 1.76 bits per heavy atom. The van der Waals surface area contributed by atoms with Crippen LogP contribution in [0.25, 0.3) is 0 Å².